The third kappa shape index (κ3) is 2.57. The van der Waals surface area contributed by atoms with Gasteiger partial charge >= 0.3 is 0 Å². The van der Waals surface area contributed by atoms with Gasteiger partial charge in [-0.25, -0.2) is 9.97 Å². The monoisotopic (exact) mass is 363 g/mol. The van der Waals surface area contributed by atoms with Gasteiger partial charge in [-0.1, -0.05) is 6.42 Å². The number of rotatable bonds is 3. The molecule has 0 spiro atoms. The summed E-state index contributed by atoms with van der Waals surface area (Å²) in [7, 11) is 1.85. The quantitative estimate of drug-likeness (QED) is 0.817. The van der Waals surface area contributed by atoms with Gasteiger partial charge in [0.2, 0.25) is 5.91 Å². The Morgan fingerprint density at radius 2 is 2.11 bits per heavy atom. The first kappa shape index (κ1) is 16.2. The zero-order chi connectivity index (χ0) is 18.5. The van der Waals surface area contributed by atoms with Gasteiger partial charge in [0.1, 0.15) is 11.6 Å². The predicted molar refractivity (Wildman–Crippen MR) is 97.5 cm³/mol. The van der Waals surface area contributed by atoms with Crippen LogP contribution in [-0.4, -0.2) is 55.7 Å². The molecule has 2 aliphatic heterocycles. The molecule has 27 heavy (non-hydrogen) atoms. The third-order valence-electron chi connectivity index (χ3n) is 6.10. The summed E-state index contributed by atoms with van der Waals surface area (Å²) in [5.41, 5.74) is 1.31. The topological polar surface area (TPSA) is 90.9 Å². The highest BCUT2D eigenvalue weighted by molar-refractivity contribution is 5.81. The van der Waals surface area contributed by atoms with Crippen LogP contribution < -0.4 is 4.90 Å². The van der Waals surface area contributed by atoms with Crippen molar-refractivity contribution in [1.82, 2.24) is 24.6 Å². The van der Waals surface area contributed by atoms with Crippen molar-refractivity contribution in [2.24, 2.45) is 13.0 Å². The lowest BCUT2D eigenvalue weighted by Crippen LogP contribution is -2.51. The number of fused-ring (bicyclic) bond motifs is 2. The van der Waals surface area contributed by atoms with Crippen LogP contribution in [0.15, 0.2) is 18.6 Å². The van der Waals surface area contributed by atoms with Gasteiger partial charge in [-0.05, 0) is 19.3 Å². The van der Waals surface area contributed by atoms with Crippen molar-refractivity contribution >= 4 is 11.7 Å². The van der Waals surface area contributed by atoms with E-state index in [2.05, 4.69) is 26.0 Å². The summed E-state index contributed by atoms with van der Waals surface area (Å²) in [5.74, 6) is 1.81. The Hall–Kier alpha value is -2.95. The molecule has 3 aliphatic rings. The number of aromatic nitrogens is 4. The van der Waals surface area contributed by atoms with E-state index >= 15 is 0 Å². The van der Waals surface area contributed by atoms with E-state index in [0.717, 1.165) is 37.9 Å². The van der Waals surface area contributed by atoms with E-state index in [1.54, 1.807) is 17.1 Å². The molecule has 2 bridgehead atoms. The molecule has 0 radical (unpaired) electrons. The highest BCUT2D eigenvalue weighted by atomic mass is 16.2. The zero-order valence-electron chi connectivity index (χ0n) is 15.2. The Balaban J connectivity index is 1.41. The fraction of sp³-hybridized carbons (Fsp3) is 0.526. The number of carbonyl (C=O) groups is 1. The van der Waals surface area contributed by atoms with Crippen molar-refractivity contribution in [2.75, 3.05) is 18.0 Å². The molecule has 0 unspecified atom stereocenters. The third-order valence-corrected chi connectivity index (χ3v) is 6.10. The first-order valence-electron chi connectivity index (χ1n) is 9.47. The second kappa shape index (κ2) is 6.05. The predicted octanol–water partition coefficient (Wildman–Crippen LogP) is 1.34. The molecule has 0 N–H and O–H groups in total. The number of amides is 1. The average molecular weight is 363 g/mol. The average Bonchev–Trinajstić information content (AvgIpc) is 3.34. The van der Waals surface area contributed by atoms with E-state index in [-0.39, 0.29) is 18.0 Å². The smallest absolute Gasteiger partial charge is 0.226 e. The van der Waals surface area contributed by atoms with E-state index in [9.17, 15) is 10.1 Å². The Morgan fingerprint density at radius 3 is 2.70 bits per heavy atom. The van der Waals surface area contributed by atoms with Crippen molar-refractivity contribution in [2.45, 2.75) is 37.8 Å². The lowest BCUT2D eigenvalue weighted by atomic mass is 9.84. The maximum Gasteiger partial charge on any atom is 0.226 e. The van der Waals surface area contributed by atoms with Crippen LogP contribution in [0.3, 0.4) is 0 Å². The standard InChI is InChI=1S/C19H21N7O/c1-24-9-14(8-22-24)17-21-7-13(6-20)18(23-17)25-10-16-5-15(25)11-26(16)19(27)12-3-2-4-12/h7-9,12,15-16H,2-5,10-11H2,1H3/t15-,16+/m0/s1. The van der Waals surface area contributed by atoms with Crippen molar-refractivity contribution in [1.29, 1.82) is 5.26 Å². The molecule has 2 saturated heterocycles. The summed E-state index contributed by atoms with van der Waals surface area (Å²) in [6, 6.07) is 2.67. The van der Waals surface area contributed by atoms with Crippen LogP contribution in [0.4, 0.5) is 5.82 Å². The van der Waals surface area contributed by atoms with Gasteiger partial charge in [-0.15, -0.1) is 0 Å². The summed E-state index contributed by atoms with van der Waals surface area (Å²) in [5, 5.41) is 13.7. The van der Waals surface area contributed by atoms with E-state index in [1.807, 2.05) is 13.2 Å². The maximum atomic E-state index is 12.6. The van der Waals surface area contributed by atoms with Crippen LogP contribution in [0.1, 0.15) is 31.2 Å². The van der Waals surface area contributed by atoms with E-state index in [1.165, 1.54) is 6.42 Å². The van der Waals surface area contributed by atoms with Gasteiger partial charge in [-0.2, -0.15) is 10.4 Å². The summed E-state index contributed by atoms with van der Waals surface area (Å²) >= 11 is 0. The number of hydrogen-bond acceptors (Lipinski definition) is 6. The molecule has 138 valence electrons. The zero-order valence-corrected chi connectivity index (χ0v) is 15.2. The number of aryl methyl sites for hydroxylation is 1. The fourth-order valence-corrected chi connectivity index (χ4v) is 4.43. The molecule has 2 atom stereocenters. The van der Waals surface area contributed by atoms with Gasteiger partial charge in [-0.3, -0.25) is 9.48 Å². The summed E-state index contributed by atoms with van der Waals surface area (Å²) in [4.78, 5) is 25.9. The first-order chi connectivity index (χ1) is 13.1. The van der Waals surface area contributed by atoms with E-state index in [4.69, 9.17) is 4.98 Å². The summed E-state index contributed by atoms with van der Waals surface area (Å²) < 4.78 is 1.71. The van der Waals surface area contributed by atoms with E-state index in [0.29, 0.717) is 23.1 Å². The van der Waals surface area contributed by atoms with Crippen molar-refractivity contribution in [3.63, 3.8) is 0 Å². The number of carbonyl (C=O) groups excluding carboxylic acids is 1. The van der Waals surface area contributed by atoms with Crippen molar-refractivity contribution in [3.8, 4) is 17.5 Å². The van der Waals surface area contributed by atoms with Crippen LogP contribution in [0.5, 0.6) is 0 Å². The molecule has 4 heterocycles. The first-order valence-corrected chi connectivity index (χ1v) is 9.47. The number of nitriles is 1. The van der Waals surface area contributed by atoms with E-state index < -0.39 is 0 Å². The second-order valence-electron chi connectivity index (χ2n) is 7.76. The molecule has 8 heteroatoms. The molecule has 1 aliphatic carbocycles. The molecule has 2 aromatic heterocycles. The lowest BCUT2D eigenvalue weighted by Gasteiger charge is -2.38. The number of piperazine rings is 1. The summed E-state index contributed by atoms with van der Waals surface area (Å²) in [6.07, 6.45) is 9.38. The van der Waals surface area contributed by atoms with Crippen molar-refractivity contribution < 1.29 is 4.79 Å². The van der Waals surface area contributed by atoms with Gasteiger partial charge in [0, 0.05) is 32.3 Å². The van der Waals surface area contributed by atoms with Crippen LogP contribution in [0.25, 0.3) is 11.4 Å². The van der Waals surface area contributed by atoms with Crippen LogP contribution in [0, 0.1) is 17.2 Å². The van der Waals surface area contributed by atoms with Crippen LogP contribution in [0.2, 0.25) is 0 Å². The Morgan fingerprint density at radius 1 is 1.26 bits per heavy atom. The van der Waals surface area contributed by atoms with Crippen LogP contribution in [-0.2, 0) is 11.8 Å². The molecule has 0 aromatic carbocycles. The lowest BCUT2D eigenvalue weighted by molar-refractivity contribution is -0.139. The number of anilines is 1. The molecular formula is C19H21N7O. The Bertz CT molecular complexity index is 942. The Kier molecular flexibility index (Phi) is 3.64. The molecular weight excluding hydrogens is 342 g/mol. The van der Waals surface area contributed by atoms with Gasteiger partial charge < -0.3 is 9.80 Å². The largest absolute Gasteiger partial charge is 0.348 e. The molecule has 5 rings (SSSR count). The SMILES string of the molecule is Cn1cc(-c2ncc(C#N)c(N3C[C@H]4C[C@H]3CN4C(=O)C3CCC3)n2)cn1. The molecule has 1 saturated carbocycles. The number of likely N-dealkylation sites (tertiary alicyclic amines) is 1. The number of hydrogen-bond donors (Lipinski definition) is 0. The maximum absolute atomic E-state index is 12.6. The minimum absolute atomic E-state index is 0.225. The normalized spacial score (nSPS) is 24.1. The minimum Gasteiger partial charge on any atom is -0.348 e. The summed E-state index contributed by atoms with van der Waals surface area (Å²) in [6.45, 7) is 1.47. The molecule has 1 amide bonds. The molecule has 8 nitrogen and oxygen atoms in total. The molecule has 2 aromatic rings. The van der Waals surface area contributed by atoms with Crippen molar-refractivity contribution in [3.05, 3.63) is 24.2 Å². The minimum atomic E-state index is 0.225. The van der Waals surface area contributed by atoms with Gasteiger partial charge in [0.25, 0.3) is 0 Å². The van der Waals surface area contributed by atoms with Crippen LogP contribution >= 0.6 is 0 Å². The highest BCUT2D eigenvalue weighted by Crippen LogP contribution is 2.38. The highest BCUT2D eigenvalue weighted by Gasteiger charge is 2.48. The Labute approximate surface area is 157 Å². The van der Waals surface area contributed by atoms with Gasteiger partial charge in [0.15, 0.2) is 11.6 Å². The molecule has 3 fully saturated rings. The fourth-order valence-electron chi connectivity index (χ4n) is 4.43. The number of nitrogens with zero attached hydrogens (tertiary/aromatic N) is 7. The van der Waals surface area contributed by atoms with Gasteiger partial charge in [0.05, 0.1) is 30.0 Å². The second-order valence-corrected chi connectivity index (χ2v) is 7.76.